The van der Waals surface area contributed by atoms with Crippen LogP contribution in [0.4, 0.5) is 5.82 Å². The van der Waals surface area contributed by atoms with Crippen LogP contribution in [-0.2, 0) is 6.54 Å². The lowest BCUT2D eigenvalue weighted by atomic mass is 10.0. The largest absolute Gasteiger partial charge is 0.493 e. The Morgan fingerprint density at radius 2 is 2.00 bits per heavy atom. The van der Waals surface area contributed by atoms with Gasteiger partial charge in [-0.1, -0.05) is 18.2 Å². The van der Waals surface area contributed by atoms with Crippen molar-refractivity contribution >= 4 is 11.7 Å². The number of carbonyl (C=O) groups excluding carboxylic acids is 1. The van der Waals surface area contributed by atoms with Crippen molar-refractivity contribution in [3.63, 3.8) is 0 Å². The van der Waals surface area contributed by atoms with Crippen LogP contribution in [0.25, 0.3) is 22.6 Å². The standard InChI is InChI=1S/C23H20N6O2/c1-15-6-7-17(13-24-15)16-8-9-20-18(12-16)23(30)27-21-5-2-4-19(26-21)22-28-25-14-29(22)10-3-11-31-20/h2,4-9,12-14H,3,10-11H2,1H3,(H,26,27,30). The third-order valence-corrected chi connectivity index (χ3v) is 5.11. The summed E-state index contributed by atoms with van der Waals surface area (Å²) in [4.78, 5) is 22.1. The van der Waals surface area contributed by atoms with Gasteiger partial charge in [-0.3, -0.25) is 9.78 Å². The summed E-state index contributed by atoms with van der Waals surface area (Å²) in [7, 11) is 0. The van der Waals surface area contributed by atoms with E-state index in [0.717, 1.165) is 23.2 Å². The highest BCUT2D eigenvalue weighted by Crippen LogP contribution is 2.28. The van der Waals surface area contributed by atoms with Crippen LogP contribution in [0.3, 0.4) is 0 Å². The van der Waals surface area contributed by atoms with Crippen LogP contribution in [0, 0.1) is 6.92 Å². The first-order chi connectivity index (χ1) is 15.2. The highest BCUT2D eigenvalue weighted by molar-refractivity contribution is 6.06. The number of fused-ring (bicyclic) bond motifs is 5. The number of aryl methyl sites for hydroxylation is 2. The van der Waals surface area contributed by atoms with Crippen LogP contribution in [0.2, 0.25) is 0 Å². The summed E-state index contributed by atoms with van der Waals surface area (Å²) in [5, 5.41) is 11.1. The Morgan fingerprint density at radius 1 is 1.10 bits per heavy atom. The Labute approximate surface area is 179 Å². The maximum Gasteiger partial charge on any atom is 0.260 e. The molecule has 5 rings (SSSR count). The van der Waals surface area contributed by atoms with Crippen LogP contribution in [0.15, 0.2) is 61.1 Å². The number of rotatable bonds is 1. The molecule has 4 aromatic rings. The summed E-state index contributed by atoms with van der Waals surface area (Å²) in [5.41, 5.74) is 3.86. The molecule has 1 aromatic carbocycles. The number of ether oxygens (including phenoxy) is 1. The lowest BCUT2D eigenvalue weighted by Gasteiger charge is -2.13. The molecule has 1 aliphatic rings. The molecule has 0 saturated carbocycles. The minimum absolute atomic E-state index is 0.290. The Morgan fingerprint density at radius 3 is 2.87 bits per heavy atom. The van der Waals surface area contributed by atoms with Gasteiger partial charge in [0.1, 0.15) is 23.6 Å². The number of anilines is 1. The van der Waals surface area contributed by atoms with Crippen molar-refractivity contribution in [2.45, 2.75) is 19.9 Å². The third kappa shape index (κ3) is 3.87. The van der Waals surface area contributed by atoms with Gasteiger partial charge in [-0.05, 0) is 49.2 Å². The van der Waals surface area contributed by atoms with E-state index in [2.05, 4.69) is 25.5 Å². The smallest absolute Gasteiger partial charge is 0.260 e. The molecule has 0 radical (unpaired) electrons. The second kappa shape index (κ2) is 7.98. The van der Waals surface area contributed by atoms with E-state index in [0.29, 0.717) is 41.8 Å². The van der Waals surface area contributed by atoms with Crippen molar-refractivity contribution in [3.05, 3.63) is 72.3 Å². The highest BCUT2D eigenvalue weighted by Gasteiger charge is 2.17. The molecule has 0 spiro atoms. The topological polar surface area (TPSA) is 94.8 Å². The van der Waals surface area contributed by atoms with E-state index in [1.165, 1.54) is 0 Å². The minimum Gasteiger partial charge on any atom is -0.493 e. The first-order valence-electron chi connectivity index (χ1n) is 10.0. The molecule has 31 heavy (non-hydrogen) atoms. The number of pyridine rings is 2. The van der Waals surface area contributed by atoms with Gasteiger partial charge in [0.05, 0.1) is 12.2 Å². The molecule has 0 aliphatic carbocycles. The molecule has 4 heterocycles. The Bertz CT molecular complexity index is 1250. The summed E-state index contributed by atoms with van der Waals surface area (Å²) >= 11 is 0. The molecule has 2 bridgehead atoms. The predicted octanol–water partition coefficient (Wildman–Crippen LogP) is 3.75. The van der Waals surface area contributed by atoms with Gasteiger partial charge in [0.25, 0.3) is 5.91 Å². The lowest BCUT2D eigenvalue weighted by Crippen LogP contribution is -2.15. The fourth-order valence-electron chi connectivity index (χ4n) is 3.50. The van der Waals surface area contributed by atoms with Gasteiger partial charge in [-0.15, -0.1) is 10.2 Å². The molecule has 8 heteroatoms. The maximum atomic E-state index is 13.2. The van der Waals surface area contributed by atoms with Crippen LogP contribution < -0.4 is 10.1 Å². The van der Waals surface area contributed by atoms with Crippen LogP contribution in [0.5, 0.6) is 5.75 Å². The second-order valence-electron chi connectivity index (χ2n) is 7.31. The van der Waals surface area contributed by atoms with Gasteiger partial charge in [0, 0.05) is 24.0 Å². The molecule has 0 fully saturated rings. The normalized spacial score (nSPS) is 13.5. The van der Waals surface area contributed by atoms with Crippen molar-refractivity contribution in [1.29, 1.82) is 0 Å². The van der Waals surface area contributed by atoms with Crippen molar-refractivity contribution in [2.75, 3.05) is 11.9 Å². The first-order valence-corrected chi connectivity index (χ1v) is 10.0. The number of benzene rings is 1. The molecule has 0 saturated heterocycles. The van der Waals surface area contributed by atoms with Gasteiger partial charge in [-0.25, -0.2) is 4.98 Å². The van der Waals surface area contributed by atoms with Crippen LogP contribution in [-0.4, -0.2) is 37.2 Å². The Kier molecular flexibility index (Phi) is 4.87. The van der Waals surface area contributed by atoms with E-state index >= 15 is 0 Å². The van der Waals surface area contributed by atoms with E-state index in [-0.39, 0.29) is 5.91 Å². The molecule has 1 aliphatic heterocycles. The minimum atomic E-state index is -0.290. The average molecular weight is 412 g/mol. The molecule has 1 amide bonds. The Hall–Kier alpha value is -4.07. The summed E-state index contributed by atoms with van der Waals surface area (Å²) in [6.45, 7) is 3.07. The van der Waals surface area contributed by atoms with Crippen molar-refractivity contribution in [3.8, 4) is 28.4 Å². The van der Waals surface area contributed by atoms with Crippen molar-refractivity contribution in [2.24, 2.45) is 0 Å². The molecule has 8 nitrogen and oxygen atoms in total. The quantitative estimate of drug-likeness (QED) is 0.512. The van der Waals surface area contributed by atoms with Gasteiger partial charge < -0.3 is 14.6 Å². The molecule has 3 aromatic heterocycles. The number of hydrogen-bond acceptors (Lipinski definition) is 6. The monoisotopic (exact) mass is 412 g/mol. The molecule has 0 atom stereocenters. The average Bonchev–Trinajstić information content (AvgIpc) is 3.26. The predicted molar refractivity (Wildman–Crippen MR) is 116 cm³/mol. The number of aromatic nitrogens is 5. The molecular formula is C23H20N6O2. The van der Waals surface area contributed by atoms with E-state index in [4.69, 9.17) is 4.74 Å². The fraction of sp³-hybridized carbons (Fsp3) is 0.174. The maximum absolute atomic E-state index is 13.2. The SMILES string of the molecule is Cc1ccc(-c2ccc3c(c2)C(=O)Nc2cccc(n2)-c2nncn2CCCO3)cn1. The van der Waals surface area contributed by atoms with Gasteiger partial charge >= 0.3 is 0 Å². The molecular weight excluding hydrogens is 392 g/mol. The van der Waals surface area contributed by atoms with E-state index < -0.39 is 0 Å². The van der Waals surface area contributed by atoms with E-state index in [1.807, 2.05) is 54.0 Å². The zero-order valence-electron chi connectivity index (χ0n) is 16.9. The van der Waals surface area contributed by atoms with Crippen LogP contribution in [0.1, 0.15) is 22.5 Å². The van der Waals surface area contributed by atoms with Crippen LogP contribution >= 0.6 is 0 Å². The van der Waals surface area contributed by atoms with Gasteiger partial charge in [0.15, 0.2) is 5.82 Å². The van der Waals surface area contributed by atoms with E-state index in [1.54, 1.807) is 18.6 Å². The molecule has 1 N–H and O–H groups in total. The number of hydrogen-bond donors (Lipinski definition) is 1. The molecule has 154 valence electrons. The number of nitrogens with one attached hydrogen (secondary N) is 1. The summed E-state index contributed by atoms with van der Waals surface area (Å²) in [6.07, 6.45) is 4.21. The van der Waals surface area contributed by atoms with Crippen molar-refractivity contribution < 1.29 is 9.53 Å². The lowest BCUT2D eigenvalue weighted by molar-refractivity contribution is 0.102. The fourth-order valence-corrected chi connectivity index (χ4v) is 3.50. The van der Waals surface area contributed by atoms with E-state index in [9.17, 15) is 4.79 Å². The highest BCUT2D eigenvalue weighted by atomic mass is 16.5. The number of carbonyl (C=O) groups is 1. The first kappa shape index (κ1) is 18.9. The number of nitrogens with zero attached hydrogens (tertiary/aromatic N) is 5. The third-order valence-electron chi connectivity index (χ3n) is 5.11. The van der Waals surface area contributed by atoms with Crippen molar-refractivity contribution in [1.82, 2.24) is 24.7 Å². The Balaban J connectivity index is 1.55. The van der Waals surface area contributed by atoms with Gasteiger partial charge in [0.2, 0.25) is 0 Å². The van der Waals surface area contributed by atoms with Gasteiger partial charge in [-0.2, -0.15) is 0 Å². The molecule has 0 unspecified atom stereocenters. The second-order valence-corrected chi connectivity index (χ2v) is 7.31. The summed E-state index contributed by atoms with van der Waals surface area (Å²) in [6, 6.07) is 15.0. The number of amides is 1. The summed E-state index contributed by atoms with van der Waals surface area (Å²) in [5.74, 6) is 1.33. The zero-order chi connectivity index (χ0) is 21.2. The zero-order valence-corrected chi connectivity index (χ0v) is 16.9. The summed E-state index contributed by atoms with van der Waals surface area (Å²) < 4.78 is 7.92.